The molecule has 2 N–H and O–H groups in total. The predicted octanol–water partition coefficient (Wildman–Crippen LogP) is 4.65. The number of carbonyl (C=O) groups excluding carboxylic acids is 2. The normalized spacial score (nSPS) is 10.5. The Morgan fingerprint density at radius 3 is 2.07 bits per heavy atom. The van der Waals surface area contributed by atoms with Crippen molar-refractivity contribution in [3.8, 4) is 5.75 Å². The van der Waals surface area contributed by atoms with Gasteiger partial charge in [0.25, 0.3) is 11.8 Å². The van der Waals surface area contributed by atoms with Gasteiger partial charge in [-0.05, 0) is 68.8 Å². The molecule has 27 heavy (non-hydrogen) atoms. The van der Waals surface area contributed by atoms with Gasteiger partial charge >= 0.3 is 0 Å². The van der Waals surface area contributed by atoms with Crippen LogP contribution in [0.5, 0.6) is 5.75 Å². The zero-order valence-electron chi connectivity index (χ0n) is 16.2. The first kappa shape index (κ1) is 20.5. The Bertz CT molecular complexity index is 737. The van der Waals surface area contributed by atoms with E-state index in [-0.39, 0.29) is 17.9 Å². The van der Waals surface area contributed by atoms with E-state index in [0.717, 1.165) is 25.0 Å². The van der Waals surface area contributed by atoms with E-state index >= 15 is 0 Å². The molecule has 0 unspecified atom stereocenters. The summed E-state index contributed by atoms with van der Waals surface area (Å²) >= 11 is 0. The minimum atomic E-state index is -0.202. The van der Waals surface area contributed by atoms with Gasteiger partial charge in [0, 0.05) is 22.9 Å². The van der Waals surface area contributed by atoms with E-state index < -0.39 is 0 Å². The lowest BCUT2D eigenvalue weighted by atomic mass is 10.1. The molecule has 0 bridgehead atoms. The topological polar surface area (TPSA) is 67.4 Å². The third-order valence-electron chi connectivity index (χ3n) is 3.96. The van der Waals surface area contributed by atoms with Crippen LogP contribution in [0.15, 0.2) is 48.5 Å². The number of hydrogen-bond donors (Lipinski definition) is 2. The van der Waals surface area contributed by atoms with Gasteiger partial charge in [0.05, 0.1) is 6.61 Å². The molecule has 0 fully saturated rings. The molecule has 2 amide bonds. The maximum Gasteiger partial charge on any atom is 0.255 e. The number of hydrogen-bond acceptors (Lipinski definition) is 3. The molecule has 0 heterocycles. The second-order valence-electron chi connectivity index (χ2n) is 6.74. The van der Waals surface area contributed by atoms with Gasteiger partial charge < -0.3 is 15.4 Å². The Morgan fingerprint density at radius 2 is 1.48 bits per heavy atom. The zero-order chi connectivity index (χ0) is 19.6. The van der Waals surface area contributed by atoms with Crippen LogP contribution < -0.4 is 15.4 Å². The fourth-order valence-corrected chi connectivity index (χ4v) is 2.50. The fraction of sp³-hybridized carbons (Fsp3) is 0.364. The van der Waals surface area contributed by atoms with Gasteiger partial charge in [-0.3, -0.25) is 9.59 Å². The molecule has 0 spiro atoms. The van der Waals surface area contributed by atoms with E-state index in [1.165, 1.54) is 0 Å². The Morgan fingerprint density at radius 1 is 0.889 bits per heavy atom. The van der Waals surface area contributed by atoms with E-state index in [0.29, 0.717) is 23.4 Å². The molecule has 5 nitrogen and oxygen atoms in total. The summed E-state index contributed by atoms with van der Waals surface area (Å²) in [5.41, 5.74) is 1.75. The molecule has 0 aliphatic heterocycles. The molecule has 0 saturated heterocycles. The maximum atomic E-state index is 12.4. The first-order chi connectivity index (χ1) is 13.0. The van der Waals surface area contributed by atoms with Crippen molar-refractivity contribution in [2.45, 2.75) is 46.1 Å². The van der Waals surface area contributed by atoms with Gasteiger partial charge in [-0.2, -0.15) is 0 Å². The first-order valence-corrected chi connectivity index (χ1v) is 9.44. The summed E-state index contributed by atoms with van der Waals surface area (Å²) in [6.45, 7) is 6.67. The van der Waals surface area contributed by atoms with Crippen LogP contribution in [-0.4, -0.2) is 24.5 Å². The summed E-state index contributed by atoms with van der Waals surface area (Å²) in [7, 11) is 0. The maximum absolute atomic E-state index is 12.4. The highest BCUT2D eigenvalue weighted by Crippen LogP contribution is 2.15. The Labute approximate surface area is 161 Å². The molecule has 144 valence electrons. The van der Waals surface area contributed by atoms with E-state index in [1.807, 2.05) is 13.8 Å². The summed E-state index contributed by atoms with van der Waals surface area (Å²) < 4.78 is 5.65. The highest BCUT2D eigenvalue weighted by atomic mass is 16.5. The summed E-state index contributed by atoms with van der Waals surface area (Å²) in [6, 6.07) is 14.0. The van der Waals surface area contributed by atoms with Gasteiger partial charge in [-0.1, -0.05) is 19.8 Å². The van der Waals surface area contributed by atoms with E-state index in [4.69, 9.17) is 4.74 Å². The Balaban J connectivity index is 1.90. The molecular formula is C22H28N2O3. The first-order valence-electron chi connectivity index (χ1n) is 9.44. The second-order valence-corrected chi connectivity index (χ2v) is 6.74. The highest BCUT2D eigenvalue weighted by Gasteiger charge is 2.09. The standard InChI is InChI=1S/C22H28N2O3/c1-4-5-6-15-27-20-13-9-18(10-14-20)22(26)24-19-11-7-17(8-12-19)21(25)23-16(2)3/h7-14,16H,4-6,15H2,1-3H3,(H,23,25)(H,24,26). The molecule has 2 aromatic rings. The smallest absolute Gasteiger partial charge is 0.255 e. The molecule has 5 heteroatoms. The number of unbranched alkanes of at least 4 members (excludes halogenated alkanes) is 2. The van der Waals surface area contributed by atoms with Gasteiger partial charge in [-0.15, -0.1) is 0 Å². The van der Waals surface area contributed by atoms with Crippen LogP contribution in [-0.2, 0) is 0 Å². The molecule has 0 saturated carbocycles. The second kappa shape index (κ2) is 10.4. The van der Waals surface area contributed by atoms with Gasteiger partial charge in [-0.25, -0.2) is 0 Å². The average molecular weight is 368 g/mol. The van der Waals surface area contributed by atoms with Crippen LogP contribution in [0, 0.1) is 0 Å². The van der Waals surface area contributed by atoms with Gasteiger partial charge in [0.15, 0.2) is 0 Å². The lowest BCUT2D eigenvalue weighted by Crippen LogP contribution is -2.30. The molecule has 0 aromatic heterocycles. The van der Waals surface area contributed by atoms with Crippen LogP contribution in [0.1, 0.15) is 60.7 Å². The zero-order valence-corrected chi connectivity index (χ0v) is 16.2. The Hall–Kier alpha value is -2.82. The quantitative estimate of drug-likeness (QED) is 0.633. The van der Waals surface area contributed by atoms with Crippen LogP contribution in [0.2, 0.25) is 0 Å². The molecule has 0 atom stereocenters. The summed E-state index contributed by atoms with van der Waals surface area (Å²) in [6.07, 6.45) is 3.34. The van der Waals surface area contributed by atoms with Crippen molar-refractivity contribution in [1.29, 1.82) is 0 Å². The minimum Gasteiger partial charge on any atom is -0.494 e. The van der Waals surface area contributed by atoms with Crippen molar-refractivity contribution in [2.75, 3.05) is 11.9 Å². The molecule has 0 radical (unpaired) electrons. The number of amides is 2. The summed E-state index contributed by atoms with van der Waals surface area (Å²) in [5.74, 6) is 0.437. The monoisotopic (exact) mass is 368 g/mol. The number of rotatable bonds is 9. The molecule has 0 aliphatic carbocycles. The molecule has 0 aliphatic rings. The molecular weight excluding hydrogens is 340 g/mol. The Kier molecular flexibility index (Phi) is 7.86. The molecule has 2 rings (SSSR count). The van der Waals surface area contributed by atoms with Gasteiger partial charge in [0.2, 0.25) is 0 Å². The van der Waals surface area contributed by atoms with Crippen LogP contribution in [0.25, 0.3) is 0 Å². The SMILES string of the molecule is CCCCCOc1ccc(C(=O)Nc2ccc(C(=O)NC(C)C)cc2)cc1. The largest absolute Gasteiger partial charge is 0.494 e. The summed E-state index contributed by atoms with van der Waals surface area (Å²) in [5, 5.41) is 5.67. The van der Waals surface area contributed by atoms with Crippen molar-refractivity contribution < 1.29 is 14.3 Å². The average Bonchev–Trinajstić information content (AvgIpc) is 2.65. The van der Waals surface area contributed by atoms with Crippen molar-refractivity contribution in [3.63, 3.8) is 0 Å². The van der Waals surface area contributed by atoms with Crippen LogP contribution in [0.4, 0.5) is 5.69 Å². The van der Waals surface area contributed by atoms with E-state index in [1.54, 1.807) is 48.5 Å². The number of ether oxygens (including phenoxy) is 1. The third kappa shape index (κ3) is 6.77. The minimum absolute atomic E-state index is 0.0791. The predicted molar refractivity (Wildman–Crippen MR) is 108 cm³/mol. The van der Waals surface area contributed by atoms with Crippen molar-refractivity contribution in [3.05, 3.63) is 59.7 Å². The van der Waals surface area contributed by atoms with Crippen molar-refractivity contribution in [1.82, 2.24) is 5.32 Å². The number of nitrogens with one attached hydrogen (secondary N) is 2. The lowest BCUT2D eigenvalue weighted by Gasteiger charge is -2.10. The van der Waals surface area contributed by atoms with Crippen LogP contribution in [0.3, 0.4) is 0 Å². The van der Waals surface area contributed by atoms with Crippen molar-refractivity contribution in [2.24, 2.45) is 0 Å². The van der Waals surface area contributed by atoms with Crippen molar-refractivity contribution >= 4 is 17.5 Å². The highest BCUT2D eigenvalue weighted by molar-refractivity contribution is 6.04. The number of carbonyl (C=O) groups is 2. The fourth-order valence-electron chi connectivity index (χ4n) is 2.50. The van der Waals surface area contributed by atoms with Gasteiger partial charge in [0.1, 0.15) is 5.75 Å². The van der Waals surface area contributed by atoms with E-state index in [2.05, 4.69) is 17.6 Å². The number of anilines is 1. The summed E-state index contributed by atoms with van der Waals surface area (Å²) in [4.78, 5) is 24.3. The molecule has 2 aromatic carbocycles. The number of benzene rings is 2. The lowest BCUT2D eigenvalue weighted by molar-refractivity contribution is 0.0942. The third-order valence-corrected chi connectivity index (χ3v) is 3.96. The van der Waals surface area contributed by atoms with E-state index in [9.17, 15) is 9.59 Å². The van der Waals surface area contributed by atoms with Crippen LogP contribution >= 0.6 is 0 Å².